The average molecular weight is 274 g/mol. The molecule has 0 atom stereocenters. The number of amides is 1. The molecule has 0 saturated heterocycles. The van der Waals surface area contributed by atoms with Crippen LogP contribution < -0.4 is 0 Å². The van der Waals surface area contributed by atoms with Crippen molar-refractivity contribution in [3.8, 4) is 0 Å². The molecule has 1 amide bonds. The fourth-order valence-electron chi connectivity index (χ4n) is 1.62. The van der Waals surface area contributed by atoms with Gasteiger partial charge in [-0.25, -0.2) is 0 Å². The van der Waals surface area contributed by atoms with Gasteiger partial charge in [-0.3, -0.25) is 4.79 Å². The third kappa shape index (κ3) is 4.57. The Bertz CT molecular complexity index is 379. The molecule has 94 valence electrons. The highest BCUT2D eigenvalue weighted by molar-refractivity contribution is 6.30. The summed E-state index contributed by atoms with van der Waals surface area (Å²) in [6.07, 6.45) is 0.375. The number of rotatable bonds is 5. The second-order valence-electron chi connectivity index (χ2n) is 4.18. The Balaban J connectivity index is 2.76. The SMILES string of the molecule is CC(C)N(Cc1cccc(Cl)c1)C(=O)CCCl. The molecule has 0 saturated carbocycles. The molecule has 0 aliphatic heterocycles. The summed E-state index contributed by atoms with van der Waals surface area (Å²) in [7, 11) is 0. The van der Waals surface area contributed by atoms with Crippen LogP contribution in [-0.4, -0.2) is 22.7 Å². The fourth-order valence-corrected chi connectivity index (χ4v) is 1.99. The minimum Gasteiger partial charge on any atom is -0.336 e. The Morgan fingerprint density at radius 2 is 2.12 bits per heavy atom. The molecule has 0 bridgehead atoms. The van der Waals surface area contributed by atoms with Crippen molar-refractivity contribution in [3.05, 3.63) is 34.9 Å². The van der Waals surface area contributed by atoms with Crippen molar-refractivity contribution in [2.75, 3.05) is 5.88 Å². The molecule has 0 fully saturated rings. The van der Waals surface area contributed by atoms with Crippen molar-refractivity contribution >= 4 is 29.1 Å². The Kier molecular flexibility index (Phi) is 5.79. The molecule has 4 heteroatoms. The number of hydrogen-bond donors (Lipinski definition) is 0. The number of alkyl halides is 1. The van der Waals surface area contributed by atoms with Crippen LogP contribution in [-0.2, 0) is 11.3 Å². The van der Waals surface area contributed by atoms with Crippen molar-refractivity contribution < 1.29 is 4.79 Å². The first-order chi connectivity index (χ1) is 8.04. The van der Waals surface area contributed by atoms with E-state index < -0.39 is 0 Å². The van der Waals surface area contributed by atoms with Gasteiger partial charge in [-0.05, 0) is 31.5 Å². The first-order valence-electron chi connectivity index (χ1n) is 5.64. The summed E-state index contributed by atoms with van der Waals surface area (Å²) in [5.74, 6) is 0.437. The molecular weight excluding hydrogens is 257 g/mol. The second kappa shape index (κ2) is 6.87. The van der Waals surface area contributed by atoms with Gasteiger partial charge in [0.25, 0.3) is 0 Å². The minimum absolute atomic E-state index is 0.0787. The highest BCUT2D eigenvalue weighted by atomic mass is 35.5. The van der Waals surface area contributed by atoms with E-state index in [4.69, 9.17) is 23.2 Å². The average Bonchev–Trinajstić information content (AvgIpc) is 2.26. The van der Waals surface area contributed by atoms with E-state index in [-0.39, 0.29) is 11.9 Å². The molecule has 1 aromatic rings. The zero-order chi connectivity index (χ0) is 12.8. The van der Waals surface area contributed by atoms with Crippen LogP contribution >= 0.6 is 23.2 Å². The van der Waals surface area contributed by atoms with Crippen LogP contribution in [0.15, 0.2) is 24.3 Å². The Labute approximate surface area is 113 Å². The first kappa shape index (κ1) is 14.3. The maximum atomic E-state index is 11.9. The largest absolute Gasteiger partial charge is 0.336 e. The van der Waals surface area contributed by atoms with Crippen molar-refractivity contribution in [3.63, 3.8) is 0 Å². The number of benzene rings is 1. The molecule has 0 unspecified atom stereocenters. The van der Waals surface area contributed by atoms with Gasteiger partial charge in [-0.15, -0.1) is 11.6 Å². The molecular formula is C13H17Cl2NO. The standard InChI is InChI=1S/C13H17Cl2NO/c1-10(2)16(13(17)6-7-14)9-11-4-3-5-12(15)8-11/h3-5,8,10H,6-7,9H2,1-2H3. The van der Waals surface area contributed by atoms with Gasteiger partial charge in [0.1, 0.15) is 0 Å². The Morgan fingerprint density at radius 3 is 2.65 bits per heavy atom. The van der Waals surface area contributed by atoms with Crippen LogP contribution in [0.3, 0.4) is 0 Å². The van der Waals surface area contributed by atoms with Gasteiger partial charge < -0.3 is 4.90 Å². The van der Waals surface area contributed by atoms with Crippen molar-refractivity contribution in [1.82, 2.24) is 4.90 Å². The van der Waals surface area contributed by atoms with Crippen molar-refractivity contribution in [2.45, 2.75) is 32.9 Å². The number of hydrogen-bond acceptors (Lipinski definition) is 1. The quantitative estimate of drug-likeness (QED) is 0.749. The van der Waals surface area contributed by atoms with E-state index in [1.807, 2.05) is 43.0 Å². The smallest absolute Gasteiger partial charge is 0.224 e. The van der Waals surface area contributed by atoms with E-state index in [2.05, 4.69) is 0 Å². The zero-order valence-electron chi connectivity index (χ0n) is 10.1. The highest BCUT2D eigenvalue weighted by Gasteiger charge is 2.16. The zero-order valence-corrected chi connectivity index (χ0v) is 11.6. The fraction of sp³-hybridized carbons (Fsp3) is 0.462. The lowest BCUT2D eigenvalue weighted by molar-refractivity contribution is -0.133. The third-order valence-corrected chi connectivity index (χ3v) is 2.92. The predicted molar refractivity (Wildman–Crippen MR) is 72.5 cm³/mol. The summed E-state index contributed by atoms with van der Waals surface area (Å²) < 4.78 is 0. The van der Waals surface area contributed by atoms with E-state index in [1.54, 1.807) is 0 Å². The first-order valence-corrected chi connectivity index (χ1v) is 6.55. The Hall–Kier alpha value is -0.730. The lowest BCUT2D eigenvalue weighted by Gasteiger charge is -2.26. The topological polar surface area (TPSA) is 20.3 Å². The van der Waals surface area contributed by atoms with Gasteiger partial charge in [-0.2, -0.15) is 0 Å². The number of carbonyl (C=O) groups is 1. The molecule has 17 heavy (non-hydrogen) atoms. The summed E-state index contributed by atoms with van der Waals surface area (Å²) >= 11 is 11.5. The molecule has 0 radical (unpaired) electrons. The van der Waals surface area contributed by atoms with E-state index in [0.717, 1.165) is 5.56 Å². The molecule has 0 spiro atoms. The van der Waals surface area contributed by atoms with Crippen LogP contribution in [0.4, 0.5) is 0 Å². The third-order valence-electron chi connectivity index (χ3n) is 2.49. The van der Waals surface area contributed by atoms with Crippen LogP contribution in [0.5, 0.6) is 0 Å². The van der Waals surface area contributed by atoms with Gasteiger partial charge in [0.2, 0.25) is 5.91 Å². The highest BCUT2D eigenvalue weighted by Crippen LogP contribution is 2.15. The lowest BCUT2D eigenvalue weighted by atomic mass is 10.2. The number of carbonyl (C=O) groups excluding carboxylic acids is 1. The number of nitrogens with zero attached hydrogens (tertiary/aromatic N) is 1. The Morgan fingerprint density at radius 1 is 1.41 bits per heavy atom. The van der Waals surface area contributed by atoms with Crippen LogP contribution in [0, 0.1) is 0 Å². The molecule has 0 aromatic heterocycles. The van der Waals surface area contributed by atoms with E-state index in [1.165, 1.54) is 0 Å². The van der Waals surface area contributed by atoms with Gasteiger partial charge in [-0.1, -0.05) is 23.7 Å². The van der Waals surface area contributed by atoms with Crippen LogP contribution in [0.2, 0.25) is 5.02 Å². The summed E-state index contributed by atoms with van der Waals surface area (Å²) in [6, 6.07) is 7.72. The van der Waals surface area contributed by atoms with Gasteiger partial charge >= 0.3 is 0 Å². The summed E-state index contributed by atoms with van der Waals surface area (Å²) in [5.41, 5.74) is 1.04. The summed E-state index contributed by atoms with van der Waals surface area (Å²) in [6.45, 7) is 4.57. The van der Waals surface area contributed by atoms with Crippen LogP contribution in [0.25, 0.3) is 0 Å². The molecule has 0 aliphatic rings. The minimum atomic E-state index is 0.0787. The molecule has 0 heterocycles. The normalized spacial score (nSPS) is 10.6. The summed E-state index contributed by atoms with van der Waals surface area (Å²) in [4.78, 5) is 13.7. The summed E-state index contributed by atoms with van der Waals surface area (Å²) in [5, 5.41) is 0.691. The molecule has 0 N–H and O–H groups in total. The maximum Gasteiger partial charge on any atom is 0.224 e. The van der Waals surface area contributed by atoms with E-state index in [0.29, 0.717) is 23.9 Å². The number of halogens is 2. The predicted octanol–water partition coefficient (Wildman–Crippen LogP) is 3.71. The molecule has 1 rings (SSSR count). The molecule has 0 aliphatic carbocycles. The maximum absolute atomic E-state index is 11.9. The van der Waals surface area contributed by atoms with Gasteiger partial charge in [0.15, 0.2) is 0 Å². The van der Waals surface area contributed by atoms with Crippen molar-refractivity contribution in [1.29, 1.82) is 0 Å². The van der Waals surface area contributed by atoms with E-state index >= 15 is 0 Å². The van der Waals surface area contributed by atoms with Crippen molar-refractivity contribution in [2.24, 2.45) is 0 Å². The molecule has 1 aromatic carbocycles. The van der Waals surface area contributed by atoms with E-state index in [9.17, 15) is 4.79 Å². The van der Waals surface area contributed by atoms with Gasteiger partial charge in [0, 0.05) is 29.9 Å². The van der Waals surface area contributed by atoms with Crippen LogP contribution in [0.1, 0.15) is 25.8 Å². The van der Waals surface area contributed by atoms with Gasteiger partial charge in [0.05, 0.1) is 0 Å². The monoisotopic (exact) mass is 273 g/mol. The lowest BCUT2D eigenvalue weighted by Crippen LogP contribution is -2.36. The molecule has 2 nitrogen and oxygen atoms in total. The second-order valence-corrected chi connectivity index (χ2v) is 5.00.